The van der Waals surface area contributed by atoms with Gasteiger partial charge in [-0.05, 0) is 25.1 Å². The Kier molecular flexibility index (Phi) is 8.13. The highest BCUT2D eigenvalue weighted by Crippen LogP contribution is 2.41. The van der Waals surface area contributed by atoms with Crippen LogP contribution in [0.5, 0.6) is 0 Å². The SMILES string of the molecule is CCO[C@@H]1[C@@H](n2cc(-c3cc(F)c(F)c(F)c3)nn2)[C@@H](O)[C@@H](CO)O[C@@H]1Sc1cc(Cl)cnc1C#N. The van der Waals surface area contributed by atoms with Gasteiger partial charge in [-0.2, -0.15) is 5.26 Å². The smallest absolute Gasteiger partial charge is 0.194 e. The van der Waals surface area contributed by atoms with Crippen LogP contribution >= 0.6 is 23.4 Å². The summed E-state index contributed by atoms with van der Waals surface area (Å²) in [5.41, 5.74) is -0.830. The van der Waals surface area contributed by atoms with Crippen LogP contribution in [0.1, 0.15) is 18.7 Å². The van der Waals surface area contributed by atoms with E-state index in [9.17, 15) is 28.6 Å². The van der Waals surface area contributed by atoms with Gasteiger partial charge in [-0.1, -0.05) is 28.6 Å². The zero-order chi connectivity index (χ0) is 26.0. The molecule has 0 saturated carbocycles. The molecular formula is C22H19ClF3N5O4S. The maximum Gasteiger partial charge on any atom is 0.194 e. The van der Waals surface area contributed by atoms with Crippen LogP contribution in [0.4, 0.5) is 13.2 Å². The summed E-state index contributed by atoms with van der Waals surface area (Å²) >= 11 is 7.11. The van der Waals surface area contributed by atoms with Crippen LogP contribution in [0.25, 0.3) is 11.3 Å². The van der Waals surface area contributed by atoms with Crippen molar-refractivity contribution in [3.8, 4) is 17.3 Å². The number of halogens is 4. The van der Waals surface area contributed by atoms with E-state index in [2.05, 4.69) is 15.3 Å². The molecule has 0 radical (unpaired) electrons. The Bertz CT molecular complexity index is 1270. The van der Waals surface area contributed by atoms with Crippen LogP contribution < -0.4 is 0 Å². The van der Waals surface area contributed by atoms with Gasteiger partial charge in [-0.3, -0.25) is 0 Å². The molecule has 2 N–H and O–H groups in total. The van der Waals surface area contributed by atoms with Gasteiger partial charge in [-0.15, -0.1) is 5.10 Å². The van der Waals surface area contributed by atoms with Crippen molar-refractivity contribution < 1.29 is 32.9 Å². The normalized spacial score (nSPS) is 24.0. The number of benzene rings is 1. The van der Waals surface area contributed by atoms with Crippen molar-refractivity contribution in [1.82, 2.24) is 20.0 Å². The highest BCUT2D eigenvalue weighted by Gasteiger charge is 2.48. The molecule has 1 aliphatic heterocycles. The molecule has 3 aromatic rings. The first-order chi connectivity index (χ1) is 17.3. The number of nitrogens with zero attached hydrogens (tertiary/aromatic N) is 5. The molecule has 0 amide bonds. The zero-order valence-corrected chi connectivity index (χ0v) is 20.1. The number of hydrogen-bond donors (Lipinski definition) is 2. The summed E-state index contributed by atoms with van der Waals surface area (Å²) in [4.78, 5) is 4.39. The zero-order valence-electron chi connectivity index (χ0n) is 18.6. The Morgan fingerprint density at radius 2 is 2.00 bits per heavy atom. The molecule has 0 unspecified atom stereocenters. The van der Waals surface area contributed by atoms with E-state index in [0.717, 1.165) is 23.9 Å². The number of aliphatic hydroxyl groups excluding tert-OH is 2. The summed E-state index contributed by atoms with van der Waals surface area (Å²) in [7, 11) is 0. The molecule has 190 valence electrons. The van der Waals surface area contributed by atoms with E-state index in [1.165, 1.54) is 23.1 Å². The third-order valence-corrected chi connectivity index (χ3v) is 6.83. The largest absolute Gasteiger partial charge is 0.394 e. The lowest BCUT2D eigenvalue weighted by molar-refractivity contribution is -0.191. The minimum atomic E-state index is -1.61. The van der Waals surface area contributed by atoms with Crippen molar-refractivity contribution in [1.29, 1.82) is 5.26 Å². The van der Waals surface area contributed by atoms with Crippen molar-refractivity contribution in [3.05, 3.63) is 58.8 Å². The topological polar surface area (TPSA) is 126 Å². The Morgan fingerprint density at radius 1 is 1.28 bits per heavy atom. The fourth-order valence-corrected chi connectivity index (χ4v) is 5.26. The van der Waals surface area contributed by atoms with E-state index in [4.69, 9.17) is 21.1 Å². The molecule has 1 fully saturated rings. The van der Waals surface area contributed by atoms with Crippen LogP contribution in [-0.4, -0.2) is 67.2 Å². The Labute approximate surface area is 212 Å². The standard InChI is InChI=1S/C22H19ClF3N5O4S/c1-2-34-21-19(31-8-15(29-30-31)10-3-12(24)18(26)13(25)4-10)20(33)16(9-32)35-22(21)36-17-5-11(23)7-28-14(17)6-27/h3-5,7-8,16,19-22,32-33H,2,9H2,1H3/t16-,19+,20+,21-,22-/m1/s1. The van der Waals surface area contributed by atoms with Gasteiger partial charge in [0.25, 0.3) is 0 Å². The average Bonchev–Trinajstić information content (AvgIpc) is 3.34. The molecule has 2 aromatic heterocycles. The van der Waals surface area contributed by atoms with Gasteiger partial charge < -0.3 is 19.7 Å². The van der Waals surface area contributed by atoms with E-state index >= 15 is 0 Å². The molecule has 9 nitrogen and oxygen atoms in total. The van der Waals surface area contributed by atoms with E-state index in [0.29, 0.717) is 4.90 Å². The maximum atomic E-state index is 13.7. The van der Waals surface area contributed by atoms with Crippen LogP contribution in [0.2, 0.25) is 5.02 Å². The van der Waals surface area contributed by atoms with Gasteiger partial charge in [0.1, 0.15) is 41.6 Å². The number of aromatic nitrogens is 4. The quantitative estimate of drug-likeness (QED) is 0.434. The van der Waals surface area contributed by atoms with E-state index in [1.807, 2.05) is 6.07 Å². The summed E-state index contributed by atoms with van der Waals surface area (Å²) in [6.45, 7) is 1.37. The van der Waals surface area contributed by atoms with Crippen molar-refractivity contribution in [2.45, 2.75) is 41.6 Å². The van der Waals surface area contributed by atoms with Crippen molar-refractivity contribution in [2.75, 3.05) is 13.2 Å². The summed E-state index contributed by atoms with van der Waals surface area (Å²) in [5, 5.41) is 38.5. The molecule has 1 saturated heterocycles. The predicted molar refractivity (Wildman–Crippen MR) is 121 cm³/mol. The lowest BCUT2D eigenvalue weighted by atomic mass is 9.97. The fraction of sp³-hybridized carbons (Fsp3) is 0.364. The number of pyridine rings is 1. The Morgan fingerprint density at radius 3 is 2.64 bits per heavy atom. The van der Waals surface area contributed by atoms with Gasteiger partial charge >= 0.3 is 0 Å². The van der Waals surface area contributed by atoms with Gasteiger partial charge in [-0.25, -0.2) is 22.8 Å². The second-order valence-corrected chi connectivity index (χ2v) is 9.27. The van der Waals surface area contributed by atoms with Gasteiger partial charge in [0.05, 0.1) is 17.8 Å². The lowest BCUT2D eigenvalue weighted by Crippen LogP contribution is -2.55. The lowest BCUT2D eigenvalue weighted by Gasteiger charge is -2.43. The first-order valence-corrected chi connectivity index (χ1v) is 11.9. The first kappa shape index (κ1) is 26.3. The second-order valence-electron chi connectivity index (χ2n) is 7.69. The molecule has 0 bridgehead atoms. The highest BCUT2D eigenvalue weighted by molar-refractivity contribution is 7.99. The van der Waals surface area contributed by atoms with E-state index in [1.54, 1.807) is 6.92 Å². The molecule has 5 atom stereocenters. The minimum absolute atomic E-state index is 0.0114. The number of rotatable bonds is 7. The fourth-order valence-electron chi connectivity index (χ4n) is 3.81. The molecule has 0 aliphatic carbocycles. The molecule has 1 aromatic carbocycles. The predicted octanol–water partition coefficient (Wildman–Crippen LogP) is 3.10. The molecular weight excluding hydrogens is 523 g/mol. The molecule has 36 heavy (non-hydrogen) atoms. The van der Waals surface area contributed by atoms with Crippen molar-refractivity contribution in [2.24, 2.45) is 0 Å². The van der Waals surface area contributed by atoms with Gasteiger partial charge in [0, 0.05) is 23.3 Å². The molecule has 3 heterocycles. The summed E-state index contributed by atoms with van der Waals surface area (Å²) in [5.74, 6) is -4.39. The highest BCUT2D eigenvalue weighted by atomic mass is 35.5. The Balaban J connectivity index is 1.72. The second kappa shape index (κ2) is 11.1. The number of thioether (sulfide) groups is 1. The number of nitriles is 1. The van der Waals surface area contributed by atoms with Crippen LogP contribution in [0.3, 0.4) is 0 Å². The molecule has 0 spiro atoms. The average molecular weight is 542 g/mol. The van der Waals surface area contributed by atoms with Crippen LogP contribution in [0, 0.1) is 28.8 Å². The summed E-state index contributed by atoms with van der Waals surface area (Å²) < 4.78 is 53.9. The van der Waals surface area contributed by atoms with Crippen LogP contribution in [-0.2, 0) is 9.47 Å². The van der Waals surface area contributed by atoms with Crippen molar-refractivity contribution in [3.63, 3.8) is 0 Å². The summed E-state index contributed by atoms with van der Waals surface area (Å²) in [6, 6.07) is 4.08. The third kappa shape index (κ3) is 5.19. The number of ether oxygens (including phenoxy) is 2. The van der Waals surface area contributed by atoms with Crippen molar-refractivity contribution >= 4 is 23.4 Å². The number of aliphatic hydroxyl groups is 2. The molecule has 14 heteroatoms. The van der Waals surface area contributed by atoms with Crippen LogP contribution in [0.15, 0.2) is 35.5 Å². The Hall–Kier alpha value is -2.73. The molecule has 1 aliphatic rings. The van der Waals surface area contributed by atoms with Gasteiger partial charge in [0.15, 0.2) is 23.1 Å². The third-order valence-electron chi connectivity index (χ3n) is 5.45. The van der Waals surface area contributed by atoms with Gasteiger partial charge in [0.2, 0.25) is 0 Å². The maximum absolute atomic E-state index is 13.7. The monoisotopic (exact) mass is 541 g/mol. The molecule has 4 rings (SSSR count). The minimum Gasteiger partial charge on any atom is -0.394 e. The first-order valence-electron chi connectivity index (χ1n) is 10.6. The van der Waals surface area contributed by atoms with E-state index < -0.39 is 53.8 Å². The summed E-state index contributed by atoms with van der Waals surface area (Å²) in [6.07, 6.45) is -0.648. The van der Waals surface area contributed by atoms with E-state index in [-0.39, 0.29) is 28.6 Å². The number of hydrogen-bond acceptors (Lipinski definition) is 9.